The molecule has 0 saturated carbocycles. The Morgan fingerprint density at radius 2 is 1.90 bits per heavy atom. The van der Waals surface area contributed by atoms with E-state index in [-0.39, 0.29) is 17.9 Å². The van der Waals surface area contributed by atoms with Crippen molar-refractivity contribution in [2.75, 3.05) is 26.7 Å². The number of rotatable bonds is 5. The summed E-state index contributed by atoms with van der Waals surface area (Å²) >= 11 is 0. The molecule has 0 aliphatic carbocycles. The van der Waals surface area contributed by atoms with Crippen molar-refractivity contribution in [3.8, 4) is 5.75 Å². The second-order valence-electron chi connectivity index (χ2n) is 8.49. The maximum Gasteiger partial charge on any atom is 0.272 e. The number of aryl methyl sites for hydroxylation is 1. The fourth-order valence-corrected chi connectivity index (χ4v) is 5.02. The van der Waals surface area contributed by atoms with Crippen LogP contribution in [0.15, 0.2) is 36.8 Å². The first kappa shape index (κ1) is 21.4. The van der Waals surface area contributed by atoms with E-state index in [4.69, 9.17) is 4.74 Å². The summed E-state index contributed by atoms with van der Waals surface area (Å²) in [5.41, 5.74) is 1.35. The van der Waals surface area contributed by atoms with Crippen molar-refractivity contribution in [1.82, 2.24) is 19.4 Å². The van der Waals surface area contributed by atoms with E-state index in [0.717, 1.165) is 58.3 Å². The number of ether oxygens (including phenoxy) is 1. The number of imidazole rings is 1. The molecule has 2 saturated heterocycles. The average Bonchev–Trinajstić information content (AvgIpc) is 3.32. The first-order valence-electron chi connectivity index (χ1n) is 11.4. The zero-order chi connectivity index (χ0) is 21.8. The monoisotopic (exact) mass is 424 g/mol. The van der Waals surface area contributed by atoms with E-state index < -0.39 is 0 Å². The lowest BCUT2D eigenvalue weighted by Gasteiger charge is -2.43. The Bertz CT molecular complexity index is 917. The predicted molar refractivity (Wildman–Crippen MR) is 118 cm³/mol. The molecule has 7 nitrogen and oxygen atoms in total. The molecule has 1 aromatic carbocycles. The lowest BCUT2D eigenvalue weighted by molar-refractivity contribution is 0.0372. The molecule has 2 fully saturated rings. The molecule has 2 aromatic rings. The van der Waals surface area contributed by atoms with E-state index in [1.165, 1.54) is 0 Å². The van der Waals surface area contributed by atoms with Crippen molar-refractivity contribution >= 4 is 11.8 Å². The van der Waals surface area contributed by atoms with Gasteiger partial charge in [0.1, 0.15) is 11.4 Å². The number of hydrogen-bond acceptors (Lipinski definition) is 4. The second-order valence-corrected chi connectivity index (χ2v) is 8.49. The Hall–Kier alpha value is -2.83. The summed E-state index contributed by atoms with van der Waals surface area (Å²) in [6.07, 6.45) is 8.47. The van der Waals surface area contributed by atoms with Crippen molar-refractivity contribution in [3.05, 3.63) is 48.0 Å². The molecule has 0 N–H and O–H groups in total. The molecule has 2 amide bonds. The normalized spacial score (nSPS) is 20.0. The molecule has 1 aromatic heterocycles. The first-order chi connectivity index (χ1) is 15.1. The summed E-state index contributed by atoms with van der Waals surface area (Å²) in [5, 5.41) is 0. The van der Waals surface area contributed by atoms with Gasteiger partial charge in [0.2, 0.25) is 0 Å². The summed E-state index contributed by atoms with van der Waals surface area (Å²) in [7, 11) is 1.62. The van der Waals surface area contributed by atoms with Gasteiger partial charge in [-0.2, -0.15) is 0 Å². The van der Waals surface area contributed by atoms with Gasteiger partial charge < -0.3 is 19.1 Å². The molecule has 0 spiro atoms. The third-order valence-electron chi connectivity index (χ3n) is 6.77. The van der Waals surface area contributed by atoms with Gasteiger partial charge in [-0.25, -0.2) is 4.98 Å². The van der Waals surface area contributed by atoms with Gasteiger partial charge in [0, 0.05) is 37.8 Å². The highest BCUT2D eigenvalue weighted by atomic mass is 16.5. The van der Waals surface area contributed by atoms with Crippen LogP contribution in [-0.4, -0.2) is 64.0 Å². The van der Waals surface area contributed by atoms with E-state index >= 15 is 0 Å². The van der Waals surface area contributed by atoms with Crippen molar-refractivity contribution < 1.29 is 14.3 Å². The number of methoxy groups -OCH3 is 1. The molecular weight excluding hydrogens is 392 g/mol. The summed E-state index contributed by atoms with van der Waals surface area (Å²) in [6.45, 7) is 5.02. The number of amides is 2. The van der Waals surface area contributed by atoms with Crippen LogP contribution in [0.2, 0.25) is 0 Å². The van der Waals surface area contributed by atoms with E-state index in [9.17, 15) is 9.59 Å². The van der Waals surface area contributed by atoms with Crippen molar-refractivity contribution in [1.29, 1.82) is 0 Å². The minimum atomic E-state index is 0.0609. The Kier molecular flexibility index (Phi) is 6.59. The number of nitrogens with zero attached hydrogens (tertiary/aromatic N) is 4. The molecule has 0 bridgehead atoms. The van der Waals surface area contributed by atoms with Gasteiger partial charge in [0.05, 0.1) is 19.6 Å². The molecule has 3 heterocycles. The van der Waals surface area contributed by atoms with Gasteiger partial charge in [-0.1, -0.05) is 6.07 Å². The SMILES string of the molecule is CCn1cncc1C(=O)N1CCC([C@H]2CCCCN2C(=O)c2cccc(OC)c2)CC1. The highest BCUT2D eigenvalue weighted by Gasteiger charge is 2.36. The average molecular weight is 425 g/mol. The van der Waals surface area contributed by atoms with Gasteiger partial charge in [-0.3, -0.25) is 9.59 Å². The van der Waals surface area contributed by atoms with Crippen LogP contribution in [0.4, 0.5) is 0 Å². The number of hydrogen-bond donors (Lipinski definition) is 0. The number of carbonyl (C=O) groups excluding carboxylic acids is 2. The fourth-order valence-electron chi connectivity index (χ4n) is 5.02. The van der Waals surface area contributed by atoms with Crippen molar-refractivity contribution in [2.24, 2.45) is 5.92 Å². The van der Waals surface area contributed by atoms with Gasteiger partial charge in [-0.15, -0.1) is 0 Å². The number of aromatic nitrogens is 2. The maximum atomic E-state index is 13.3. The minimum absolute atomic E-state index is 0.0609. The van der Waals surface area contributed by atoms with Gasteiger partial charge in [0.15, 0.2) is 0 Å². The molecule has 166 valence electrons. The molecule has 0 unspecified atom stereocenters. The van der Waals surface area contributed by atoms with E-state index in [2.05, 4.69) is 9.88 Å². The molecule has 0 radical (unpaired) electrons. The van der Waals surface area contributed by atoms with Crippen molar-refractivity contribution in [2.45, 2.75) is 51.6 Å². The standard InChI is InChI=1S/C24H32N4O3/c1-3-26-17-25-16-22(26)24(30)27-13-10-18(11-14-27)21-9-4-5-12-28(21)23(29)19-7-6-8-20(15-19)31-2/h6-8,15-18,21H,3-5,9-14H2,1-2H3/t21-/m1/s1. The zero-order valence-corrected chi connectivity index (χ0v) is 18.5. The fraction of sp³-hybridized carbons (Fsp3) is 0.542. The Morgan fingerprint density at radius 1 is 1.10 bits per heavy atom. The lowest BCUT2D eigenvalue weighted by atomic mass is 9.83. The van der Waals surface area contributed by atoms with E-state index in [1.807, 2.05) is 40.7 Å². The highest BCUT2D eigenvalue weighted by Crippen LogP contribution is 2.32. The molecule has 31 heavy (non-hydrogen) atoms. The Morgan fingerprint density at radius 3 is 2.65 bits per heavy atom. The van der Waals surface area contributed by atoms with Crippen LogP contribution in [0.5, 0.6) is 5.75 Å². The quantitative estimate of drug-likeness (QED) is 0.737. The van der Waals surface area contributed by atoms with Crippen LogP contribution in [0.1, 0.15) is 59.9 Å². The third kappa shape index (κ3) is 4.45. The van der Waals surface area contributed by atoms with Gasteiger partial charge in [0.25, 0.3) is 11.8 Å². The summed E-state index contributed by atoms with van der Waals surface area (Å²) in [5.74, 6) is 1.28. The molecule has 1 atom stereocenters. The number of piperidine rings is 2. The van der Waals surface area contributed by atoms with Crippen LogP contribution in [0.3, 0.4) is 0 Å². The number of benzene rings is 1. The molecule has 4 rings (SSSR count). The second kappa shape index (κ2) is 9.54. The lowest BCUT2D eigenvalue weighted by Crippen LogP contribution is -2.51. The largest absolute Gasteiger partial charge is 0.497 e. The third-order valence-corrected chi connectivity index (χ3v) is 6.77. The van der Waals surface area contributed by atoms with E-state index in [1.54, 1.807) is 19.6 Å². The van der Waals surface area contributed by atoms with Crippen LogP contribution >= 0.6 is 0 Å². The molecule has 7 heteroatoms. The van der Waals surface area contributed by atoms with E-state index in [0.29, 0.717) is 22.9 Å². The zero-order valence-electron chi connectivity index (χ0n) is 18.5. The Balaban J connectivity index is 1.42. The number of carbonyl (C=O) groups is 2. The van der Waals surface area contributed by atoms with Crippen LogP contribution in [-0.2, 0) is 6.54 Å². The minimum Gasteiger partial charge on any atom is -0.497 e. The smallest absolute Gasteiger partial charge is 0.272 e. The van der Waals surface area contributed by atoms with Crippen molar-refractivity contribution in [3.63, 3.8) is 0 Å². The predicted octanol–water partition coefficient (Wildman–Crippen LogP) is 3.46. The Labute approximate surface area is 184 Å². The van der Waals surface area contributed by atoms with Crippen LogP contribution < -0.4 is 4.74 Å². The number of likely N-dealkylation sites (tertiary alicyclic amines) is 2. The summed E-state index contributed by atoms with van der Waals surface area (Å²) in [6, 6.07) is 7.67. The van der Waals surface area contributed by atoms with Gasteiger partial charge >= 0.3 is 0 Å². The molecular formula is C24H32N4O3. The first-order valence-corrected chi connectivity index (χ1v) is 11.4. The topological polar surface area (TPSA) is 67.7 Å². The highest BCUT2D eigenvalue weighted by molar-refractivity contribution is 5.95. The van der Waals surface area contributed by atoms with Gasteiger partial charge in [-0.05, 0) is 63.1 Å². The molecule has 2 aliphatic heterocycles. The summed E-state index contributed by atoms with van der Waals surface area (Å²) in [4.78, 5) is 34.4. The summed E-state index contributed by atoms with van der Waals surface area (Å²) < 4.78 is 7.20. The van der Waals surface area contributed by atoms with Crippen LogP contribution in [0.25, 0.3) is 0 Å². The maximum absolute atomic E-state index is 13.3. The van der Waals surface area contributed by atoms with Crippen LogP contribution in [0, 0.1) is 5.92 Å². The molecule has 2 aliphatic rings.